The van der Waals surface area contributed by atoms with E-state index >= 15 is 0 Å². The first-order valence-electron chi connectivity index (χ1n) is 12.0. The molecule has 0 radical (unpaired) electrons. The molecular formula is C26H35Cl2N3O4S. The Morgan fingerprint density at radius 1 is 0.972 bits per heavy atom. The first-order chi connectivity index (χ1) is 16.9. The zero-order valence-electron chi connectivity index (χ0n) is 21.4. The van der Waals surface area contributed by atoms with Crippen molar-refractivity contribution < 1.29 is 18.0 Å². The predicted octanol–water partition coefficient (Wildman–Crippen LogP) is 5.04. The van der Waals surface area contributed by atoms with Gasteiger partial charge in [-0.15, -0.1) is 0 Å². The Labute approximate surface area is 224 Å². The van der Waals surface area contributed by atoms with E-state index in [0.29, 0.717) is 27.7 Å². The SMILES string of the molecule is CCc1ccc(N(CC(=O)N(Cc2c(Cl)cccc2Cl)C(CC)C(=O)NC(C)CC)S(C)(=O)=O)cc1. The molecule has 1 N–H and O–H groups in total. The molecule has 36 heavy (non-hydrogen) atoms. The number of carbonyl (C=O) groups excluding carboxylic acids is 2. The lowest BCUT2D eigenvalue weighted by atomic mass is 10.1. The molecule has 0 saturated heterocycles. The predicted molar refractivity (Wildman–Crippen MR) is 147 cm³/mol. The smallest absolute Gasteiger partial charge is 0.244 e. The largest absolute Gasteiger partial charge is 0.352 e. The average molecular weight is 557 g/mol. The molecule has 0 fully saturated rings. The van der Waals surface area contributed by atoms with Crippen molar-refractivity contribution in [1.29, 1.82) is 0 Å². The van der Waals surface area contributed by atoms with Crippen molar-refractivity contribution >= 4 is 50.7 Å². The molecule has 0 spiro atoms. The number of rotatable bonds is 12. The third-order valence-electron chi connectivity index (χ3n) is 6.09. The van der Waals surface area contributed by atoms with Crippen LogP contribution in [0.5, 0.6) is 0 Å². The maximum absolute atomic E-state index is 13.7. The Balaban J connectivity index is 2.49. The zero-order chi connectivity index (χ0) is 27.0. The van der Waals surface area contributed by atoms with Gasteiger partial charge in [-0.05, 0) is 56.0 Å². The summed E-state index contributed by atoms with van der Waals surface area (Å²) in [5.41, 5.74) is 1.90. The van der Waals surface area contributed by atoms with Crippen molar-refractivity contribution in [3.05, 3.63) is 63.6 Å². The fraction of sp³-hybridized carbons (Fsp3) is 0.462. The minimum atomic E-state index is -3.80. The number of benzene rings is 2. The minimum absolute atomic E-state index is 0.0455. The Kier molecular flexibility index (Phi) is 11.1. The third-order valence-corrected chi connectivity index (χ3v) is 7.94. The Morgan fingerprint density at radius 2 is 1.56 bits per heavy atom. The van der Waals surface area contributed by atoms with Crippen LogP contribution in [0.4, 0.5) is 5.69 Å². The number of anilines is 1. The van der Waals surface area contributed by atoms with Gasteiger partial charge in [-0.3, -0.25) is 13.9 Å². The second kappa shape index (κ2) is 13.3. The molecule has 2 rings (SSSR count). The summed E-state index contributed by atoms with van der Waals surface area (Å²) in [5.74, 6) is -0.858. The van der Waals surface area contributed by atoms with E-state index in [-0.39, 0.29) is 18.5 Å². The molecule has 0 aliphatic carbocycles. The lowest BCUT2D eigenvalue weighted by molar-refractivity contribution is -0.140. The molecule has 2 unspecified atom stereocenters. The van der Waals surface area contributed by atoms with Crippen molar-refractivity contribution in [3.63, 3.8) is 0 Å². The van der Waals surface area contributed by atoms with Gasteiger partial charge in [0, 0.05) is 28.2 Å². The molecule has 0 heterocycles. The molecule has 0 aromatic heterocycles. The van der Waals surface area contributed by atoms with Crippen LogP contribution in [0.1, 0.15) is 51.7 Å². The monoisotopic (exact) mass is 555 g/mol. The van der Waals surface area contributed by atoms with Crippen LogP contribution in [0.25, 0.3) is 0 Å². The Morgan fingerprint density at radius 3 is 2.03 bits per heavy atom. The lowest BCUT2D eigenvalue weighted by Crippen LogP contribution is -2.53. The number of hydrogen-bond donors (Lipinski definition) is 1. The molecule has 7 nitrogen and oxygen atoms in total. The third kappa shape index (κ3) is 7.85. The molecule has 0 aliphatic rings. The van der Waals surface area contributed by atoms with E-state index < -0.39 is 28.5 Å². The van der Waals surface area contributed by atoms with Gasteiger partial charge < -0.3 is 10.2 Å². The van der Waals surface area contributed by atoms with Gasteiger partial charge in [-0.1, -0.05) is 62.2 Å². The van der Waals surface area contributed by atoms with E-state index in [9.17, 15) is 18.0 Å². The molecule has 0 bridgehead atoms. The van der Waals surface area contributed by atoms with Crippen LogP contribution in [-0.2, 0) is 32.6 Å². The van der Waals surface area contributed by atoms with Gasteiger partial charge in [0.05, 0.1) is 11.9 Å². The molecule has 198 valence electrons. The summed E-state index contributed by atoms with van der Waals surface area (Å²) in [6, 6.07) is 11.1. The van der Waals surface area contributed by atoms with Gasteiger partial charge in [0.25, 0.3) is 0 Å². The highest BCUT2D eigenvalue weighted by Gasteiger charge is 2.32. The molecule has 2 aromatic rings. The van der Waals surface area contributed by atoms with Gasteiger partial charge in [-0.2, -0.15) is 0 Å². The second-order valence-corrected chi connectivity index (χ2v) is 11.5. The summed E-state index contributed by atoms with van der Waals surface area (Å²) in [6.07, 6.45) is 2.90. The molecule has 2 aromatic carbocycles. The topological polar surface area (TPSA) is 86.8 Å². The number of sulfonamides is 1. The van der Waals surface area contributed by atoms with E-state index in [2.05, 4.69) is 5.32 Å². The van der Waals surface area contributed by atoms with E-state index in [1.165, 1.54) is 4.90 Å². The molecule has 2 amide bonds. The van der Waals surface area contributed by atoms with Crippen LogP contribution in [0.3, 0.4) is 0 Å². The van der Waals surface area contributed by atoms with Crippen LogP contribution < -0.4 is 9.62 Å². The molecule has 2 atom stereocenters. The van der Waals surface area contributed by atoms with E-state index in [1.807, 2.05) is 32.9 Å². The minimum Gasteiger partial charge on any atom is -0.352 e. The van der Waals surface area contributed by atoms with Crippen molar-refractivity contribution in [1.82, 2.24) is 10.2 Å². The number of aryl methyl sites for hydroxylation is 1. The zero-order valence-corrected chi connectivity index (χ0v) is 23.8. The van der Waals surface area contributed by atoms with Crippen LogP contribution in [0, 0.1) is 0 Å². The summed E-state index contributed by atoms with van der Waals surface area (Å²) in [4.78, 5) is 28.3. The van der Waals surface area contributed by atoms with Crippen molar-refractivity contribution in [2.24, 2.45) is 0 Å². The van der Waals surface area contributed by atoms with Gasteiger partial charge in [0.2, 0.25) is 21.8 Å². The van der Waals surface area contributed by atoms with Crippen molar-refractivity contribution in [2.75, 3.05) is 17.1 Å². The summed E-state index contributed by atoms with van der Waals surface area (Å²) in [7, 11) is -3.80. The normalized spacial score (nSPS) is 13.1. The van der Waals surface area contributed by atoms with Crippen LogP contribution in [-0.4, -0.2) is 50.0 Å². The summed E-state index contributed by atoms with van der Waals surface area (Å²) < 4.78 is 26.5. The summed E-state index contributed by atoms with van der Waals surface area (Å²) in [6.45, 7) is 7.11. The molecule has 0 saturated carbocycles. The molecule has 0 aliphatic heterocycles. The van der Waals surface area contributed by atoms with Crippen LogP contribution >= 0.6 is 23.2 Å². The number of amides is 2. The van der Waals surface area contributed by atoms with E-state index in [1.54, 1.807) is 37.3 Å². The second-order valence-electron chi connectivity index (χ2n) is 8.75. The number of carbonyl (C=O) groups is 2. The number of nitrogens with zero attached hydrogens (tertiary/aromatic N) is 2. The average Bonchev–Trinajstić information content (AvgIpc) is 2.83. The highest BCUT2D eigenvalue weighted by Crippen LogP contribution is 2.28. The van der Waals surface area contributed by atoms with Gasteiger partial charge in [0.15, 0.2) is 0 Å². The Bertz CT molecular complexity index is 1140. The summed E-state index contributed by atoms with van der Waals surface area (Å²) in [5, 5.41) is 3.64. The van der Waals surface area contributed by atoms with Crippen molar-refractivity contribution in [2.45, 2.75) is 65.6 Å². The van der Waals surface area contributed by atoms with Gasteiger partial charge in [-0.25, -0.2) is 8.42 Å². The lowest BCUT2D eigenvalue weighted by Gasteiger charge is -2.33. The van der Waals surface area contributed by atoms with Crippen molar-refractivity contribution in [3.8, 4) is 0 Å². The van der Waals surface area contributed by atoms with Crippen LogP contribution in [0.2, 0.25) is 10.0 Å². The highest BCUT2D eigenvalue weighted by molar-refractivity contribution is 7.92. The Hall–Kier alpha value is -2.29. The standard InChI is InChI=1S/C26H35Cl2N3O4S/c1-6-18(4)29-26(33)24(8-3)30(16-21-22(27)10-9-11-23(21)28)25(32)17-31(36(5,34)35)20-14-12-19(7-2)13-15-20/h9-15,18,24H,6-8,16-17H2,1-5H3,(H,29,33). The number of hydrogen-bond acceptors (Lipinski definition) is 4. The van der Waals surface area contributed by atoms with E-state index in [4.69, 9.17) is 23.2 Å². The first kappa shape index (κ1) is 29.9. The maximum Gasteiger partial charge on any atom is 0.244 e. The van der Waals surface area contributed by atoms with Gasteiger partial charge in [0.1, 0.15) is 12.6 Å². The van der Waals surface area contributed by atoms with Gasteiger partial charge >= 0.3 is 0 Å². The molecular weight excluding hydrogens is 521 g/mol. The molecule has 10 heteroatoms. The highest BCUT2D eigenvalue weighted by atomic mass is 35.5. The summed E-state index contributed by atoms with van der Waals surface area (Å²) >= 11 is 12.8. The quantitative estimate of drug-likeness (QED) is 0.397. The van der Waals surface area contributed by atoms with Crippen LogP contribution in [0.15, 0.2) is 42.5 Å². The van der Waals surface area contributed by atoms with E-state index in [0.717, 1.165) is 29.0 Å². The number of halogens is 2. The fourth-order valence-electron chi connectivity index (χ4n) is 3.73. The number of nitrogens with one attached hydrogen (secondary N) is 1. The maximum atomic E-state index is 13.7. The fourth-order valence-corrected chi connectivity index (χ4v) is 5.09. The first-order valence-corrected chi connectivity index (χ1v) is 14.6.